The number of esters is 1. The van der Waals surface area contributed by atoms with E-state index in [1.165, 1.54) is 29.0 Å². The van der Waals surface area contributed by atoms with Crippen LogP contribution in [0.1, 0.15) is 0 Å². The van der Waals surface area contributed by atoms with Crippen molar-refractivity contribution in [1.82, 2.24) is 3.97 Å². The summed E-state index contributed by atoms with van der Waals surface area (Å²) in [6.45, 7) is 0. The monoisotopic (exact) mass is 361 g/mol. The van der Waals surface area contributed by atoms with E-state index >= 15 is 0 Å². The van der Waals surface area contributed by atoms with Crippen LogP contribution >= 0.6 is 11.8 Å². The normalized spacial score (nSPS) is 11.5. The molecule has 0 N–H and O–H groups in total. The number of aromatic nitrogens is 1. The molecular weight excluding hydrogens is 346 g/mol. The van der Waals surface area contributed by atoms with E-state index in [9.17, 15) is 13.2 Å². The molecule has 0 spiro atoms. The molecule has 0 amide bonds. The molecule has 5 nitrogen and oxygen atoms in total. The number of nitrogens with zero attached hydrogens (tertiary/aromatic N) is 1. The van der Waals surface area contributed by atoms with E-state index in [1.807, 2.05) is 6.07 Å². The van der Waals surface area contributed by atoms with Crippen molar-refractivity contribution in [3.05, 3.63) is 60.8 Å². The van der Waals surface area contributed by atoms with E-state index < -0.39 is 10.0 Å². The van der Waals surface area contributed by atoms with E-state index in [0.717, 1.165) is 10.3 Å². The number of thioether (sulfide) groups is 1. The topological polar surface area (TPSA) is 65.4 Å². The second-order valence-electron chi connectivity index (χ2n) is 4.98. The first-order valence-electron chi connectivity index (χ1n) is 7.14. The van der Waals surface area contributed by atoms with Crippen molar-refractivity contribution in [2.24, 2.45) is 0 Å². The third-order valence-electron chi connectivity index (χ3n) is 3.53. The Morgan fingerprint density at radius 3 is 2.54 bits per heavy atom. The number of hydrogen-bond acceptors (Lipinski definition) is 5. The van der Waals surface area contributed by atoms with Gasteiger partial charge in [-0.15, -0.1) is 11.8 Å². The number of carbonyl (C=O) groups is 1. The van der Waals surface area contributed by atoms with Gasteiger partial charge in [-0.3, -0.25) is 4.79 Å². The minimum absolute atomic E-state index is 0.173. The Balaban J connectivity index is 2.04. The van der Waals surface area contributed by atoms with E-state index in [2.05, 4.69) is 4.74 Å². The summed E-state index contributed by atoms with van der Waals surface area (Å²) < 4.78 is 31.5. The van der Waals surface area contributed by atoms with Crippen molar-refractivity contribution in [3.8, 4) is 0 Å². The first kappa shape index (κ1) is 16.6. The van der Waals surface area contributed by atoms with Gasteiger partial charge in [-0.1, -0.05) is 24.3 Å². The van der Waals surface area contributed by atoms with Gasteiger partial charge in [0.2, 0.25) is 0 Å². The molecular formula is C17H15NO4S2. The van der Waals surface area contributed by atoms with Gasteiger partial charge in [0.15, 0.2) is 0 Å². The van der Waals surface area contributed by atoms with E-state index in [0.29, 0.717) is 5.52 Å². The van der Waals surface area contributed by atoms with Crippen LogP contribution in [-0.2, 0) is 19.6 Å². The van der Waals surface area contributed by atoms with Gasteiger partial charge in [-0.05, 0) is 30.3 Å². The number of benzene rings is 2. The fraction of sp³-hybridized carbons (Fsp3) is 0.118. The molecule has 0 atom stereocenters. The van der Waals surface area contributed by atoms with Crippen LogP contribution in [0.15, 0.2) is 70.6 Å². The van der Waals surface area contributed by atoms with Crippen molar-refractivity contribution >= 4 is 38.7 Å². The maximum absolute atomic E-state index is 12.8. The highest BCUT2D eigenvalue weighted by molar-refractivity contribution is 8.00. The zero-order valence-corrected chi connectivity index (χ0v) is 14.5. The molecule has 0 radical (unpaired) electrons. The molecule has 0 bridgehead atoms. The maximum Gasteiger partial charge on any atom is 0.315 e. The van der Waals surface area contributed by atoms with E-state index in [4.69, 9.17) is 0 Å². The van der Waals surface area contributed by atoms with Crippen LogP contribution in [0.3, 0.4) is 0 Å². The van der Waals surface area contributed by atoms with Gasteiger partial charge in [0, 0.05) is 16.5 Å². The van der Waals surface area contributed by atoms with Crippen LogP contribution in [0.2, 0.25) is 0 Å². The molecule has 1 heterocycles. The highest BCUT2D eigenvalue weighted by atomic mass is 32.2. The Labute approximate surface area is 144 Å². The molecule has 0 aliphatic carbocycles. The molecule has 124 valence electrons. The van der Waals surface area contributed by atoms with Crippen molar-refractivity contribution in [2.45, 2.75) is 9.79 Å². The second kappa shape index (κ2) is 6.70. The average molecular weight is 361 g/mol. The van der Waals surface area contributed by atoms with E-state index in [-0.39, 0.29) is 16.6 Å². The quantitative estimate of drug-likeness (QED) is 0.516. The first-order chi connectivity index (χ1) is 11.5. The molecule has 0 unspecified atom stereocenters. The largest absolute Gasteiger partial charge is 0.468 e. The summed E-state index contributed by atoms with van der Waals surface area (Å²) in [5.74, 6) is -0.153. The highest BCUT2D eigenvalue weighted by Crippen LogP contribution is 2.30. The Kier molecular flexibility index (Phi) is 4.64. The SMILES string of the molecule is COC(=O)CSc1cccc2c1ccn2S(=O)(=O)c1ccccc1. The third kappa shape index (κ3) is 3.05. The van der Waals surface area contributed by atoms with Gasteiger partial charge >= 0.3 is 5.97 Å². The van der Waals surface area contributed by atoms with Crippen molar-refractivity contribution in [1.29, 1.82) is 0 Å². The lowest BCUT2D eigenvalue weighted by Gasteiger charge is -2.08. The number of fused-ring (bicyclic) bond motifs is 1. The van der Waals surface area contributed by atoms with Crippen LogP contribution < -0.4 is 0 Å². The minimum Gasteiger partial charge on any atom is -0.468 e. The zero-order valence-electron chi connectivity index (χ0n) is 12.9. The van der Waals surface area contributed by atoms with Crippen LogP contribution in [0, 0.1) is 0 Å². The van der Waals surface area contributed by atoms with Crippen LogP contribution in [0.5, 0.6) is 0 Å². The molecule has 0 fully saturated rings. The van der Waals surface area contributed by atoms with Gasteiger partial charge in [0.05, 0.1) is 23.3 Å². The van der Waals surface area contributed by atoms with Crippen molar-refractivity contribution < 1.29 is 17.9 Å². The van der Waals surface area contributed by atoms with Gasteiger partial charge in [-0.25, -0.2) is 12.4 Å². The van der Waals surface area contributed by atoms with Gasteiger partial charge < -0.3 is 4.74 Å². The number of methoxy groups -OCH3 is 1. The van der Waals surface area contributed by atoms with Crippen LogP contribution in [-0.4, -0.2) is 31.2 Å². The van der Waals surface area contributed by atoms with Crippen LogP contribution in [0.4, 0.5) is 0 Å². The Hall–Kier alpha value is -2.25. The van der Waals surface area contributed by atoms with Gasteiger partial charge in [0.1, 0.15) is 0 Å². The number of hydrogen-bond donors (Lipinski definition) is 0. The standard InChI is InChI=1S/C17H15NO4S2/c1-22-17(19)12-23-16-9-5-8-15-14(16)10-11-18(15)24(20,21)13-6-3-2-4-7-13/h2-11H,12H2,1H3. The summed E-state index contributed by atoms with van der Waals surface area (Å²) in [5.41, 5.74) is 0.578. The summed E-state index contributed by atoms with van der Waals surface area (Å²) in [6.07, 6.45) is 1.54. The van der Waals surface area contributed by atoms with E-state index in [1.54, 1.807) is 48.5 Å². The minimum atomic E-state index is -3.66. The molecule has 0 aliphatic rings. The number of carbonyl (C=O) groups excluding carboxylic acids is 1. The molecule has 0 saturated heterocycles. The smallest absolute Gasteiger partial charge is 0.315 e. The Morgan fingerprint density at radius 1 is 1.08 bits per heavy atom. The summed E-state index contributed by atoms with van der Waals surface area (Å²) in [7, 11) is -2.32. The van der Waals surface area contributed by atoms with Crippen LogP contribution in [0.25, 0.3) is 10.9 Å². The third-order valence-corrected chi connectivity index (χ3v) is 6.28. The lowest BCUT2D eigenvalue weighted by atomic mass is 10.2. The summed E-state index contributed by atoms with van der Waals surface area (Å²) >= 11 is 1.32. The number of ether oxygens (including phenoxy) is 1. The summed E-state index contributed by atoms with van der Waals surface area (Å²) in [6, 6.07) is 15.4. The maximum atomic E-state index is 12.8. The second-order valence-corrected chi connectivity index (χ2v) is 7.82. The molecule has 3 aromatic rings. The average Bonchev–Trinajstić information content (AvgIpc) is 3.05. The highest BCUT2D eigenvalue weighted by Gasteiger charge is 2.19. The van der Waals surface area contributed by atoms with Crippen molar-refractivity contribution in [3.63, 3.8) is 0 Å². The molecule has 24 heavy (non-hydrogen) atoms. The Bertz CT molecular complexity index is 978. The molecule has 7 heteroatoms. The molecule has 0 aliphatic heterocycles. The fourth-order valence-corrected chi connectivity index (χ4v) is 4.61. The predicted molar refractivity (Wildman–Crippen MR) is 93.7 cm³/mol. The summed E-state index contributed by atoms with van der Waals surface area (Å²) in [5, 5.41) is 0.783. The molecule has 2 aromatic carbocycles. The fourth-order valence-electron chi connectivity index (χ4n) is 2.35. The van der Waals surface area contributed by atoms with Crippen molar-refractivity contribution in [2.75, 3.05) is 12.9 Å². The predicted octanol–water partition coefficient (Wildman–Crippen LogP) is 3.14. The number of rotatable bonds is 5. The molecule has 1 aromatic heterocycles. The summed E-state index contributed by atoms with van der Waals surface area (Å²) in [4.78, 5) is 12.4. The molecule has 0 saturated carbocycles. The lowest BCUT2D eigenvalue weighted by molar-refractivity contribution is -0.137. The Morgan fingerprint density at radius 2 is 1.83 bits per heavy atom. The first-order valence-corrected chi connectivity index (χ1v) is 9.57. The lowest BCUT2D eigenvalue weighted by Crippen LogP contribution is -2.11. The van der Waals surface area contributed by atoms with Gasteiger partial charge in [-0.2, -0.15) is 0 Å². The van der Waals surface area contributed by atoms with Gasteiger partial charge in [0.25, 0.3) is 10.0 Å². The zero-order chi connectivity index (χ0) is 17.2. The molecule has 3 rings (SSSR count).